The molecule has 2 fully saturated rings. The molecule has 0 aliphatic carbocycles. The summed E-state index contributed by atoms with van der Waals surface area (Å²) in [6, 6.07) is 3.57. The van der Waals surface area contributed by atoms with Crippen LogP contribution >= 0.6 is 0 Å². The summed E-state index contributed by atoms with van der Waals surface area (Å²) in [6.45, 7) is 2.33. The molecule has 0 aromatic carbocycles. The minimum absolute atomic E-state index is 0.0125. The number of aromatic nitrogens is 1. The molecular weight excluding hydrogens is 256 g/mol. The summed E-state index contributed by atoms with van der Waals surface area (Å²) in [4.78, 5) is 16.8. The van der Waals surface area contributed by atoms with E-state index in [1.54, 1.807) is 18.3 Å². The van der Waals surface area contributed by atoms with E-state index in [-0.39, 0.29) is 17.3 Å². The molecule has 0 bridgehead atoms. The first-order valence-corrected chi connectivity index (χ1v) is 7.13. The number of hydrogen-bond acceptors (Lipinski definition) is 5. The summed E-state index contributed by atoms with van der Waals surface area (Å²) in [5, 5.41) is 0. The Bertz CT molecular complexity index is 498. The average Bonchev–Trinajstić information content (AvgIpc) is 2.94. The van der Waals surface area contributed by atoms with Gasteiger partial charge in [0.15, 0.2) is 5.78 Å². The highest BCUT2D eigenvalue weighted by molar-refractivity contribution is 5.98. The van der Waals surface area contributed by atoms with Crippen LogP contribution in [0.5, 0.6) is 0 Å². The molecule has 0 saturated carbocycles. The van der Waals surface area contributed by atoms with E-state index in [2.05, 4.69) is 4.98 Å². The molecule has 20 heavy (non-hydrogen) atoms. The number of nitrogens with zero attached hydrogens (tertiary/aromatic N) is 1. The summed E-state index contributed by atoms with van der Waals surface area (Å²) >= 11 is 0. The number of carbonyl (C=O) groups excluding carboxylic acids is 1. The fourth-order valence-electron chi connectivity index (χ4n) is 3.09. The maximum absolute atomic E-state index is 12.6. The number of hydrogen-bond donors (Lipinski definition) is 1. The number of ether oxygens (including phenoxy) is 2. The van der Waals surface area contributed by atoms with Gasteiger partial charge in [-0.3, -0.25) is 9.78 Å². The van der Waals surface area contributed by atoms with Gasteiger partial charge in [0.25, 0.3) is 0 Å². The van der Waals surface area contributed by atoms with E-state index >= 15 is 0 Å². The van der Waals surface area contributed by atoms with Crippen LogP contribution in [0.1, 0.15) is 35.3 Å². The molecule has 0 radical (unpaired) electrons. The van der Waals surface area contributed by atoms with Crippen molar-refractivity contribution in [3.8, 4) is 0 Å². The van der Waals surface area contributed by atoms with Gasteiger partial charge < -0.3 is 15.2 Å². The van der Waals surface area contributed by atoms with E-state index in [4.69, 9.17) is 15.2 Å². The van der Waals surface area contributed by atoms with Crippen molar-refractivity contribution in [2.45, 2.75) is 31.4 Å². The zero-order valence-corrected chi connectivity index (χ0v) is 11.5. The maximum Gasteiger partial charge on any atom is 0.166 e. The van der Waals surface area contributed by atoms with Gasteiger partial charge in [-0.1, -0.05) is 0 Å². The number of rotatable bonds is 3. The van der Waals surface area contributed by atoms with E-state index in [0.717, 1.165) is 31.6 Å². The Kier molecular flexibility index (Phi) is 3.83. The monoisotopic (exact) mass is 276 g/mol. The lowest BCUT2D eigenvalue weighted by Gasteiger charge is -2.36. The van der Waals surface area contributed by atoms with Crippen molar-refractivity contribution < 1.29 is 14.3 Å². The van der Waals surface area contributed by atoms with Gasteiger partial charge in [-0.15, -0.1) is 0 Å². The van der Waals surface area contributed by atoms with Crippen LogP contribution in [-0.4, -0.2) is 36.2 Å². The molecule has 5 heteroatoms. The number of pyridine rings is 1. The Labute approximate surface area is 118 Å². The van der Waals surface area contributed by atoms with E-state index in [0.29, 0.717) is 25.3 Å². The smallest absolute Gasteiger partial charge is 0.166 e. The molecule has 1 spiro atoms. The van der Waals surface area contributed by atoms with E-state index in [1.807, 2.05) is 0 Å². The first-order chi connectivity index (χ1) is 9.72. The Balaban J connectivity index is 1.76. The summed E-state index contributed by atoms with van der Waals surface area (Å²) < 4.78 is 11.3. The Morgan fingerprint density at radius 3 is 3.15 bits per heavy atom. The second kappa shape index (κ2) is 5.60. The van der Waals surface area contributed by atoms with Crippen molar-refractivity contribution in [3.05, 3.63) is 29.6 Å². The molecular formula is C15H20N2O3. The zero-order valence-electron chi connectivity index (χ0n) is 11.5. The molecule has 2 aliphatic heterocycles. The van der Waals surface area contributed by atoms with Gasteiger partial charge in [0.1, 0.15) is 0 Å². The standard InChI is InChI=1S/C15H20N2O3/c16-9-13-7-11(1-4-17-13)14(18)12-2-5-20-15(8-12)3-6-19-10-15/h1,4,7,12H,2-3,5-6,8-10,16H2. The first kappa shape index (κ1) is 13.7. The Hall–Kier alpha value is -1.30. The second-order valence-corrected chi connectivity index (χ2v) is 5.63. The normalized spacial score (nSPS) is 29.8. The summed E-state index contributed by atoms with van der Waals surface area (Å²) in [6.07, 6.45) is 4.08. The van der Waals surface area contributed by atoms with Gasteiger partial charge in [-0.2, -0.15) is 0 Å². The number of Topliss-reactive ketones (excluding diaryl/α,β-unsaturated/α-hetero) is 1. The second-order valence-electron chi connectivity index (χ2n) is 5.63. The van der Waals surface area contributed by atoms with Crippen LogP contribution in [0.15, 0.2) is 18.3 Å². The lowest BCUT2D eigenvalue weighted by atomic mass is 9.81. The summed E-state index contributed by atoms with van der Waals surface area (Å²) in [5.74, 6) is 0.190. The SMILES string of the molecule is NCc1cc(C(=O)C2CCOC3(CCOC3)C2)ccn1. The third-order valence-electron chi connectivity index (χ3n) is 4.24. The lowest BCUT2D eigenvalue weighted by Crippen LogP contribution is -2.42. The molecule has 2 aliphatic rings. The molecule has 1 aromatic rings. The van der Waals surface area contributed by atoms with Crippen molar-refractivity contribution in [1.29, 1.82) is 0 Å². The lowest BCUT2D eigenvalue weighted by molar-refractivity contribution is -0.0920. The quantitative estimate of drug-likeness (QED) is 0.842. The number of ketones is 1. The Morgan fingerprint density at radius 1 is 1.50 bits per heavy atom. The van der Waals surface area contributed by atoms with Crippen LogP contribution in [-0.2, 0) is 16.0 Å². The van der Waals surface area contributed by atoms with Gasteiger partial charge in [-0.05, 0) is 25.0 Å². The van der Waals surface area contributed by atoms with Crippen LogP contribution in [0.25, 0.3) is 0 Å². The van der Waals surface area contributed by atoms with Crippen LogP contribution < -0.4 is 5.73 Å². The zero-order chi connectivity index (χ0) is 14.0. The van der Waals surface area contributed by atoms with Gasteiger partial charge in [0.2, 0.25) is 0 Å². The molecule has 2 unspecified atom stereocenters. The number of carbonyl (C=O) groups is 1. The fraction of sp³-hybridized carbons (Fsp3) is 0.600. The van der Waals surface area contributed by atoms with Crippen molar-refractivity contribution >= 4 is 5.78 Å². The highest BCUT2D eigenvalue weighted by Gasteiger charge is 2.43. The number of nitrogens with two attached hydrogens (primary N) is 1. The van der Waals surface area contributed by atoms with Crippen LogP contribution in [0.4, 0.5) is 0 Å². The minimum Gasteiger partial charge on any atom is -0.378 e. The molecule has 1 aromatic heterocycles. The van der Waals surface area contributed by atoms with Crippen LogP contribution in [0.2, 0.25) is 0 Å². The highest BCUT2D eigenvalue weighted by Crippen LogP contribution is 2.37. The van der Waals surface area contributed by atoms with Gasteiger partial charge in [0, 0.05) is 43.9 Å². The minimum atomic E-state index is -0.234. The summed E-state index contributed by atoms with van der Waals surface area (Å²) in [7, 11) is 0. The predicted octanol–water partition coefficient (Wildman–Crippen LogP) is 1.31. The summed E-state index contributed by atoms with van der Waals surface area (Å²) in [5.41, 5.74) is 6.81. The van der Waals surface area contributed by atoms with Crippen molar-refractivity contribution in [1.82, 2.24) is 4.98 Å². The highest BCUT2D eigenvalue weighted by atomic mass is 16.6. The van der Waals surface area contributed by atoms with E-state index in [1.165, 1.54) is 0 Å². The topological polar surface area (TPSA) is 74.4 Å². The van der Waals surface area contributed by atoms with E-state index < -0.39 is 0 Å². The third-order valence-corrected chi connectivity index (χ3v) is 4.24. The largest absolute Gasteiger partial charge is 0.378 e. The van der Waals surface area contributed by atoms with Gasteiger partial charge >= 0.3 is 0 Å². The first-order valence-electron chi connectivity index (χ1n) is 7.13. The van der Waals surface area contributed by atoms with Gasteiger partial charge in [-0.25, -0.2) is 0 Å². The van der Waals surface area contributed by atoms with Crippen molar-refractivity contribution in [2.75, 3.05) is 19.8 Å². The fourth-order valence-corrected chi connectivity index (χ4v) is 3.09. The molecule has 3 rings (SSSR count). The molecule has 3 heterocycles. The maximum atomic E-state index is 12.6. The predicted molar refractivity (Wildman–Crippen MR) is 73.3 cm³/mol. The molecule has 108 valence electrons. The van der Waals surface area contributed by atoms with E-state index in [9.17, 15) is 4.79 Å². The third kappa shape index (κ3) is 2.61. The molecule has 2 atom stereocenters. The molecule has 0 amide bonds. The van der Waals surface area contributed by atoms with Crippen LogP contribution in [0.3, 0.4) is 0 Å². The molecule has 2 N–H and O–H groups in total. The Morgan fingerprint density at radius 2 is 2.40 bits per heavy atom. The molecule has 2 saturated heterocycles. The average molecular weight is 276 g/mol. The van der Waals surface area contributed by atoms with Gasteiger partial charge in [0.05, 0.1) is 17.9 Å². The molecule has 5 nitrogen and oxygen atoms in total. The van der Waals surface area contributed by atoms with Crippen molar-refractivity contribution in [3.63, 3.8) is 0 Å². The van der Waals surface area contributed by atoms with Crippen LogP contribution in [0, 0.1) is 5.92 Å². The van der Waals surface area contributed by atoms with Crippen molar-refractivity contribution in [2.24, 2.45) is 11.7 Å².